The third-order valence-electron chi connectivity index (χ3n) is 5.63. The fourth-order valence-electron chi connectivity index (χ4n) is 3.83. The number of halogens is 3. The molecule has 5 rings (SSSR count). The molecule has 0 spiro atoms. The van der Waals surface area contributed by atoms with Crippen LogP contribution in [0, 0.1) is 0 Å². The molecule has 0 unspecified atom stereocenters. The Bertz CT molecular complexity index is 1530. The van der Waals surface area contributed by atoms with E-state index in [0.717, 1.165) is 32.1 Å². The first-order chi connectivity index (χ1) is 17.5. The number of carbonyl (C=O) groups excluding carboxylic acids is 1. The summed E-state index contributed by atoms with van der Waals surface area (Å²) < 4.78 is 0. The highest BCUT2D eigenvalue weighted by Gasteiger charge is 2.19. The van der Waals surface area contributed by atoms with Crippen LogP contribution >= 0.6 is 46.1 Å². The zero-order chi connectivity index (χ0) is 25.1. The Morgan fingerprint density at radius 3 is 2.17 bits per heavy atom. The lowest BCUT2D eigenvalue weighted by Gasteiger charge is -2.07. The van der Waals surface area contributed by atoms with Gasteiger partial charge in [0.1, 0.15) is 5.01 Å². The number of nitrogens with one attached hydrogen (secondary N) is 1. The highest BCUT2D eigenvalue weighted by atomic mass is 35.5. The van der Waals surface area contributed by atoms with E-state index in [1.807, 2.05) is 84.9 Å². The van der Waals surface area contributed by atoms with E-state index in [9.17, 15) is 4.79 Å². The molecule has 1 amide bonds. The molecule has 0 radical (unpaired) electrons. The smallest absolute Gasteiger partial charge is 0.251 e. The minimum atomic E-state index is -0.171. The first-order valence-corrected chi connectivity index (χ1v) is 13.1. The van der Waals surface area contributed by atoms with Crippen molar-refractivity contribution >= 4 is 52.0 Å². The molecule has 0 aliphatic rings. The van der Waals surface area contributed by atoms with Gasteiger partial charge in [-0.05, 0) is 41.5 Å². The van der Waals surface area contributed by atoms with Gasteiger partial charge in [-0.25, -0.2) is 4.98 Å². The van der Waals surface area contributed by atoms with E-state index in [4.69, 9.17) is 39.8 Å². The molecule has 0 saturated heterocycles. The fourth-order valence-corrected chi connectivity index (χ4v) is 5.68. The Labute approximate surface area is 228 Å². The number of nitrogens with zero attached hydrogens (tertiary/aromatic N) is 1. The second-order valence-corrected chi connectivity index (χ2v) is 10.3. The number of aromatic nitrogens is 1. The van der Waals surface area contributed by atoms with Crippen LogP contribution in [-0.2, 0) is 6.54 Å². The second kappa shape index (κ2) is 10.9. The van der Waals surface area contributed by atoms with E-state index in [-0.39, 0.29) is 12.5 Å². The quantitative estimate of drug-likeness (QED) is 0.229. The van der Waals surface area contributed by atoms with Crippen LogP contribution in [0.2, 0.25) is 15.1 Å². The highest BCUT2D eigenvalue weighted by Crippen LogP contribution is 2.42. The molecule has 5 aromatic rings. The van der Waals surface area contributed by atoms with Crippen LogP contribution in [0.1, 0.15) is 15.4 Å². The average Bonchev–Trinajstić information content (AvgIpc) is 3.32. The Morgan fingerprint density at radius 1 is 0.750 bits per heavy atom. The van der Waals surface area contributed by atoms with Crippen molar-refractivity contribution in [2.75, 3.05) is 0 Å². The van der Waals surface area contributed by atoms with Crippen molar-refractivity contribution in [1.29, 1.82) is 0 Å². The van der Waals surface area contributed by atoms with Crippen LogP contribution in [0.3, 0.4) is 0 Å². The van der Waals surface area contributed by atoms with Crippen LogP contribution in [0.5, 0.6) is 0 Å². The summed E-state index contributed by atoms with van der Waals surface area (Å²) in [5.41, 5.74) is 5.06. The lowest BCUT2D eigenvalue weighted by Crippen LogP contribution is -2.22. The van der Waals surface area contributed by atoms with Gasteiger partial charge < -0.3 is 5.32 Å². The van der Waals surface area contributed by atoms with Crippen molar-refractivity contribution in [3.8, 4) is 32.8 Å². The number of rotatable bonds is 6. The van der Waals surface area contributed by atoms with Gasteiger partial charge >= 0.3 is 0 Å². The summed E-state index contributed by atoms with van der Waals surface area (Å²) in [6.07, 6.45) is 0. The molecule has 0 atom stereocenters. The van der Waals surface area contributed by atoms with Crippen LogP contribution in [0.4, 0.5) is 0 Å². The van der Waals surface area contributed by atoms with Crippen LogP contribution in [-0.4, -0.2) is 10.9 Å². The molecule has 1 heterocycles. The van der Waals surface area contributed by atoms with Gasteiger partial charge in [-0.15, -0.1) is 11.3 Å². The van der Waals surface area contributed by atoms with E-state index in [2.05, 4.69) is 5.32 Å². The fraction of sp³-hybridized carbons (Fsp3) is 0.0345. The zero-order valence-electron chi connectivity index (χ0n) is 18.8. The highest BCUT2D eigenvalue weighted by molar-refractivity contribution is 7.15. The minimum absolute atomic E-state index is 0.171. The van der Waals surface area contributed by atoms with Gasteiger partial charge in [0.05, 0.1) is 27.2 Å². The van der Waals surface area contributed by atoms with E-state index in [1.165, 1.54) is 11.3 Å². The van der Waals surface area contributed by atoms with Crippen LogP contribution in [0.25, 0.3) is 32.8 Å². The third kappa shape index (κ3) is 5.32. The van der Waals surface area contributed by atoms with Gasteiger partial charge in [-0.3, -0.25) is 4.79 Å². The van der Waals surface area contributed by atoms with Gasteiger partial charge in [0.2, 0.25) is 0 Å². The SMILES string of the molecule is O=C(NCc1nc(-c2ccccc2Cl)c(-c2ccc(Cl)cc2Cl)s1)c1ccc(-c2ccccc2)cc1. The first kappa shape index (κ1) is 24.5. The molecule has 0 bridgehead atoms. The predicted molar refractivity (Wildman–Crippen MR) is 151 cm³/mol. The Hall–Kier alpha value is -3.15. The molecule has 0 aliphatic carbocycles. The third-order valence-corrected chi connectivity index (χ3v) is 7.60. The molecule has 4 aromatic carbocycles. The summed E-state index contributed by atoms with van der Waals surface area (Å²) in [4.78, 5) is 18.5. The van der Waals surface area contributed by atoms with Crippen LogP contribution in [0.15, 0.2) is 97.1 Å². The zero-order valence-corrected chi connectivity index (χ0v) is 21.9. The Morgan fingerprint density at radius 2 is 1.44 bits per heavy atom. The normalized spacial score (nSPS) is 10.9. The number of hydrogen-bond donors (Lipinski definition) is 1. The van der Waals surface area contributed by atoms with Gasteiger partial charge in [0, 0.05) is 21.7 Å². The van der Waals surface area contributed by atoms with Gasteiger partial charge in [0.15, 0.2) is 0 Å². The summed E-state index contributed by atoms with van der Waals surface area (Å²) in [5, 5.41) is 5.38. The van der Waals surface area contributed by atoms with Crippen molar-refractivity contribution in [1.82, 2.24) is 10.3 Å². The van der Waals surface area contributed by atoms with Gasteiger partial charge in [-0.2, -0.15) is 0 Å². The van der Waals surface area contributed by atoms with Gasteiger partial charge in [0.25, 0.3) is 5.91 Å². The lowest BCUT2D eigenvalue weighted by molar-refractivity contribution is 0.0951. The summed E-state index contributed by atoms with van der Waals surface area (Å²) in [7, 11) is 0. The Kier molecular flexibility index (Phi) is 7.40. The molecular formula is C29H19Cl3N2OS. The Balaban J connectivity index is 1.40. The van der Waals surface area contributed by atoms with E-state index >= 15 is 0 Å². The maximum atomic E-state index is 12.9. The number of carbonyl (C=O) groups is 1. The minimum Gasteiger partial charge on any atom is -0.346 e. The number of amides is 1. The number of hydrogen-bond acceptors (Lipinski definition) is 3. The summed E-state index contributed by atoms with van der Waals surface area (Å²) in [5.74, 6) is -0.171. The standard InChI is InChI=1S/C29H19Cl3N2OS/c30-21-14-15-23(25(32)16-21)28-27(22-8-4-5-9-24(22)31)34-26(36-28)17-33-29(35)20-12-10-19(11-13-20)18-6-2-1-3-7-18/h1-16H,17H2,(H,33,35). The molecule has 1 aromatic heterocycles. The van der Waals surface area contributed by atoms with E-state index < -0.39 is 0 Å². The predicted octanol–water partition coefficient (Wildman–Crippen LogP) is 9.03. The summed E-state index contributed by atoms with van der Waals surface area (Å²) in [6.45, 7) is 0.270. The molecule has 178 valence electrons. The molecule has 1 N–H and O–H groups in total. The molecule has 7 heteroatoms. The molecule has 36 heavy (non-hydrogen) atoms. The lowest BCUT2D eigenvalue weighted by atomic mass is 10.0. The topological polar surface area (TPSA) is 42.0 Å². The molecule has 0 aliphatic heterocycles. The molecule has 0 fully saturated rings. The summed E-state index contributed by atoms with van der Waals surface area (Å²) in [6, 6.07) is 30.5. The van der Waals surface area contributed by atoms with Crippen molar-refractivity contribution in [2.24, 2.45) is 0 Å². The maximum absolute atomic E-state index is 12.9. The number of thiazole rings is 1. The molecule has 0 saturated carbocycles. The second-order valence-electron chi connectivity index (χ2n) is 8.02. The summed E-state index contributed by atoms with van der Waals surface area (Å²) >= 11 is 20.6. The molecular weight excluding hydrogens is 531 g/mol. The number of benzene rings is 4. The van der Waals surface area contributed by atoms with Gasteiger partial charge in [-0.1, -0.05) is 102 Å². The van der Waals surface area contributed by atoms with Crippen molar-refractivity contribution in [3.05, 3.63) is 123 Å². The van der Waals surface area contributed by atoms with E-state index in [1.54, 1.807) is 12.1 Å². The largest absolute Gasteiger partial charge is 0.346 e. The van der Waals surface area contributed by atoms with Crippen molar-refractivity contribution in [2.45, 2.75) is 6.54 Å². The monoisotopic (exact) mass is 548 g/mol. The average molecular weight is 550 g/mol. The van der Waals surface area contributed by atoms with E-state index in [0.29, 0.717) is 26.3 Å². The maximum Gasteiger partial charge on any atom is 0.251 e. The van der Waals surface area contributed by atoms with Crippen LogP contribution < -0.4 is 5.32 Å². The first-order valence-electron chi connectivity index (χ1n) is 11.1. The van der Waals surface area contributed by atoms with Crippen molar-refractivity contribution in [3.63, 3.8) is 0 Å². The van der Waals surface area contributed by atoms with Crippen molar-refractivity contribution < 1.29 is 4.79 Å². The molecule has 3 nitrogen and oxygen atoms in total.